The third kappa shape index (κ3) is 5.02. The number of carboxylic acids is 1. The third-order valence-corrected chi connectivity index (χ3v) is 3.71. The van der Waals surface area contributed by atoms with E-state index in [1.54, 1.807) is 17.4 Å². The van der Waals surface area contributed by atoms with Gasteiger partial charge in [-0.15, -0.1) is 11.3 Å². The molecule has 1 aromatic rings. The van der Waals surface area contributed by atoms with Crippen molar-refractivity contribution in [1.82, 2.24) is 4.90 Å². The summed E-state index contributed by atoms with van der Waals surface area (Å²) in [6, 6.07) is 4.59. The highest BCUT2D eigenvalue weighted by atomic mass is 32.1. The van der Waals surface area contributed by atoms with Crippen molar-refractivity contribution in [1.29, 1.82) is 0 Å². The molecule has 0 amide bonds. The van der Waals surface area contributed by atoms with Gasteiger partial charge in [0, 0.05) is 28.4 Å². The van der Waals surface area contributed by atoms with Crippen LogP contribution in [0.4, 0.5) is 0 Å². The summed E-state index contributed by atoms with van der Waals surface area (Å²) in [5, 5.41) is 8.58. The summed E-state index contributed by atoms with van der Waals surface area (Å²) in [7, 11) is 0. The molecular weight excluding hydrogens is 246 g/mol. The van der Waals surface area contributed by atoms with Crippen LogP contribution in [-0.2, 0) is 11.3 Å². The number of aliphatic carboxylic acids is 1. The normalized spacial score (nSPS) is 11.8. The highest BCUT2D eigenvalue weighted by molar-refractivity contribution is 7.12. The Bertz CT molecular complexity index is 410. The van der Waals surface area contributed by atoms with E-state index in [-0.39, 0.29) is 0 Å². The maximum Gasteiger partial charge on any atom is 0.328 e. The van der Waals surface area contributed by atoms with Crippen molar-refractivity contribution in [3.05, 3.63) is 28.0 Å². The van der Waals surface area contributed by atoms with Gasteiger partial charge >= 0.3 is 5.97 Å². The van der Waals surface area contributed by atoms with Gasteiger partial charge in [0.05, 0.1) is 0 Å². The minimum absolute atomic E-state index is 0.532. The van der Waals surface area contributed by atoms with Crippen LogP contribution < -0.4 is 0 Å². The van der Waals surface area contributed by atoms with E-state index >= 15 is 0 Å². The largest absolute Gasteiger partial charge is 0.478 e. The van der Waals surface area contributed by atoms with Crippen molar-refractivity contribution >= 4 is 23.4 Å². The van der Waals surface area contributed by atoms with E-state index in [0.29, 0.717) is 6.04 Å². The standard InChI is InChI=1S/C14H21NO2S/c1-4-9-15(11(2)3)10-13-6-5-12(18-13)7-8-14(16)17/h5-8,11H,4,9-10H2,1-3H3,(H,16,17). The first-order chi connectivity index (χ1) is 8.52. The molecule has 1 heterocycles. The van der Waals surface area contributed by atoms with Crippen molar-refractivity contribution in [3.8, 4) is 0 Å². The van der Waals surface area contributed by atoms with Crippen LogP contribution in [-0.4, -0.2) is 28.6 Å². The Hall–Kier alpha value is -1.13. The zero-order chi connectivity index (χ0) is 13.5. The van der Waals surface area contributed by atoms with Gasteiger partial charge in [0.25, 0.3) is 0 Å². The molecule has 4 heteroatoms. The number of nitrogens with zero attached hydrogens (tertiary/aromatic N) is 1. The molecule has 0 saturated heterocycles. The second-order valence-electron chi connectivity index (χ2n) is 4.54. The molecule has 0 spiro atoms. The van der Waals surface area contributed by atoms with Gasteiger partial charge in [0.1, 0.15) is 0 Å². The van der Waals surface area contributed by atoms with E-state index in [9.17, 15) is 4.79 Å². The van der Waals surface area contributed by atoms with Crippen molar-refractivity contribution in [2.24, 2.45) is 0 Å². The Labute approximate surface area is 113 Å². The Morgan fingerprint density at radius 3 is 2.78 bits per heavy atom. The third-order valence-electron chi connectivity index (χ3n) is 2.67. The first-order valence-electron chi connectivity index (χ1n) is 6.26. The van der Waals surface area contributed by atoms with E-state index in [4.69, 9.17) is 5.11 Å². The van der Waals surface area contributed by atoms with E-state index in [2.05, 4.69) is 31.7 Å². The number of thiophene rings is 1. The van der Waals surface area contributed by atoms with Crippen LogP contribution in [0.1, 0.15) is 36.9 Å². The molecule has 100 valence electrons. The van der Waals surface area contributed by atoms with E-state index in [1.165, 1.54) is 11.0 Å². The summed E-state index contributed by atoms with van der Waals surface area (Å²) < 4.78 is 0. The maximum atomic E-state index is 10.4. The van der Waals surface area contributed by atoms with E-state index in [0.717, 1.165) is 24.4 Å². The van der Waals surface area contributed by atoms with Crippen LogP contribution in [0, 0.1) is 0 Å². The fourth-order valence-electron chi connectivity index (χ4n) is 1.73. The molecule has 0 unspecified atom stereocenters. The number of carboxylic acid groups (broad SMARTS) is 1. The second kappa shape index (κ2) is 7.34. The average molecular weight is 267 g/mol. The van der Waals surface area contributed by atoms with Gasteiger partial charge < -0.3 is 5.11 Å². The van der Waals surface area contributed by atoms with Gasteiger partial charge in [-0.25, -0.2) is 4.79 Å². The summed E-state index contributed by atoms with van der Waals surface area (Å²) in [6.07, 6.45) is 3.98. The molecule has 0 aliphatic carbocycles. The summed E-state index contributed by atoms with van der Waals surface area (Å²) in [6.45, 7) is 8.63. The van der Waals surface area contributed by atoms with Gasteiger partial charge in [-0.2, -0.15) is 0 Å². The SMILES string of the molecule is CCCN(Cc1ccc(C=CC(=O)O)s1)C(C)C. The van der Waals surface area contributed by atoms with Crippen LogP contribution in [0.5, 0.6) is 0 Å². The van der Waals surface area contributed by atoms with Crippen LogP contribution in [0.3, 0.4) is 0 Å². The van der Waals surface area contributed by atoms with Crippen molar-refractivity contribution in [3.63, 3.8) is 0 Å². The first kappa shape index (κ1) is 14.9. The molecule has 0 atom stereocenters. The van der Waals surface area contributed by atoms with Crippen molar-refractivity contribution in [2.75, 3.05) is 6.54 Å². The van der Waals surface area contributed by atoms with Crippen molar-refractivity contribution < 1.29 is 9.90 Å². The summed E-state index contributed by atoms with van der Waals surface area (Å²) in [5.74, 6) is -0.903. The topological polar surface area (TPSA) is 40.5 Å². The minimum atomic E-state index is -0.903. The highest BCUT2D eigenvalue weighted by Crippen LogP contribution is 2.20. The molecule has 0 fully saturated rings. The van der Waals surface area contributed by atoms with Gasteiger partial charge in [0.2, 0.25) is 0 Å². The molecular formula is C14H21NO2S. The summed E-state index contributed by atoms with van der Waals surface area (Å²) in [4.78, 5) is 15.1. The van der Waals surface area contributed by atoms with Gasteiger partial charge in [-0.3, -0.25) is 4.90 Å². The summed E-state index contributed by atoms with van der Waals surface area (Å²) >= 11 is 1.65. The molecule has 1 N–H and O–H groups in total. The Balaban J connectivity index is 2.64. The quantitative estimate of drug-likeness (QED) is 0.769. The van der Waals surface area contributed by atoms with Crippen LogP contribution >= 0.6 is 11.3 Å². The predicted molar refractivity (Wildman–Crippen MR) is 76.8 cm³/mol. The van der Waals surface area contributed by atoms with Crippen LogP contribution in [0.15, 0.2) is 18.2 Å². The fraction of sp³-hybridized carbons (Fsp3) is 0.500. The van der Waals surface area contributed by atoms with Gasteiger partial charge in [0.15, 0.2) is 0 Å². The summed E-state index contributed by atoms with van der Waals surface area (Å²) in [5.41, 5.74) is 0. The Morgan fingerprint density at radius 1 is 1.50 bits per heavy atom. The lowest BCUT2D eigenvalue weighted by Gasteiger charge is -2.25. The number of carbonyl (C=O) groups is 1. The lowest BCUT2D eigenvalue weighted by atomic mass is 10.2. The first-order valence-corrected chi connectivity index (χ1v) is 7.08. The smallest absolute Gasteiger partial charge is 0.328 e. The molecule has 0 aromatic carbocycles. The second-order valence-corrected chi connectivity index (χ2v) is 5.74. The molecule has 0 saturated carbocycles. The lowest BCUT2D eigenvalue weighted by molar-refractivity contribution is -0.131. The molecule has 0 aliphatic heterocycles. The zero-order valence-electron chi connectivity index (χ0n) is 11.2. The molecule has 1 aromatic heterocycles. The molecule has 1 rings (SSSR count). The van der Waals surface area contributed by atoms with E-state index in [1.807, 2.05) is 6.07 Å². The molecule has 0 bridgehead atoms. The van der Waals surface area contributed by atoms with Crippen LogP contribution in [0.2, 0.25) is 0 Å². The predicted octanol–water partition coefficient (Wildman–Crippen LogP) is 3.47. The van der Waals surface area contributed by atoms with E-state index < -0.39 is 5.97 Å². The number of hydrogen-bond acceptors (Lipinski definition) is 3. The minimum Gasteiger partial charge on any atom is -0.478 e. The monoisotopic (exact) mass is 267 g/mol. The average Bonchev–Trinajstić information content (AvgIpc) is 2.73. The van der Waals surface area contributed by atoms with Crippen LogP contribution in [0.25, 0.3) is 6.08 Å². The molecule has 0 aliphatic rings. The molecule has 3 nitrogen and oxygen atoms in total. The molecule has 0 radical (unpaired) electrons. The highest BCUT2D eigenvalue weighted by Gasteiger charge is 2.10. The zero-order valence-corrected chi connectivity index (χ0v) is 12.0. The fourth-order valence-corrected chi connectivity index (χ4v) is 2.67. The number of hydrogen-bond donors (Lipinski definition) is 1. The van der Waals surface area contributed by atoms with Gasteiger partial charge in [-0.05, 0) is 45.0 Å². The Morgan fingerprint density at radius 2 is 2.22 bits per heavy atom. The number of rotatable bonds is 7. The lowest BCUT2D eigenvalue weighted by Crippen LogP contribution is -2.30. The molecule has 18 heavy (non-hydrogen) atoms. The Kier molecular flexibility index (Phi) is 6.09. The maximum absolute atomic E-state index is 10.4. The van der Waals surface area contributed by atoms with Gasteiger partial charge in [-0.1, -0.05) is 6.92 Å². The van der Waals surface area contributed by atoms with Crippen molar-refractivity contribution in [2.45, 2.75) is 39.8 Å².